The Labute approximate surface area is 183 Å². The van der Waals surface area contributed by atoms with Crippen LogP contribution < -0.4 is 10.1 Å². The molecule has 2 aromatic heterocycles. The van der Waals surface area contributed by atoms with Crippen molar-refractivity contribution in [1.29, 1.82) is 5.26 Å². The molecule has 2 aromatic rings. The molecular formula is C24H29N5O2. The predicted molar refractivity (Wildman–Crippen MR) is 116 cm³/mol. The van der Waals surface area contributed by atoms with Crippen LogP contribution in [0.3, 0.4) is 0 Å². The number of hydrogen-bond acceptors (Lipinski definition) is 6. The maximum absolute atomic E-state index is 11.6. The van der Waals surface area contributed by atoms with E-state index in [-0.39, 0.29) is 11.8 Å². The topological polar surface area (TPSA) is 91.1 Å². The van der Waals surface area contributed by atoms with Gasteiger partial charge >= 0.3 is 0 Å². The molecule has 1 amide bonds. The van der Waals surface area contributed by atoms with Crippen molar-refractivity contribution in [2.75, 3.05) is 20.1 Å². The van der Waals surface area contributed by atoms with Gasteiger partial charge in [0.15, 0.2) is 0 Å². The Kier molecular flexibility index (Phi) is 6.78. The Morgan fingerprint density at radius 3 is 2.65 bits per heavy atom. The lowest BCUT2D eigenvalue weighted by atomic mass is 9.83. The molecule has 1 aliphatic carbocycles. The molecule has 1 N–H and O–H groups in total. The largest absolute Gasteiger partial charge is 0.486 e. The number of amides is 1. The van der Waals surface area contributed by atoms with Gasteiger partial charge in [-0.2, -0.15) is 5.26 Å². The Morgan fingerprint density at radius 1 is 1.19 bits per heavy atom. The SMILES string of the molecule is CNC(=O)C1CN(Cc2ccc(OCc3cc(C#N)c(C4CCCCC4)cn3)cn2)C1. The lowest BCUT2D eigenvalue weighted by Crippen LogP contribution is -2.52. The van der Waals surface area contributed by atoms with Crippen LogP contribution in [0.25, 0.3) is 0 Å². The number of likely N-dealkylation sites (tertiary alicyclic amines) is 1. The maximum atomic E-state index is 11.6. The summed E-state index contributed by atoms with van der Waals surface area (Å²) in [5.74, 6) is 1.32. The normalized spacial score (nSPS) is 17.5. The number of pyridine rings is 2. The molecule has 0 radical (unpaired) electrons. The second-order valence-electron chi connectivity index (χ2n) is 8.49. The van der Waals surface area contributed by atoms with Crippen LogP contribution in [0.1, 0.15) is 60.5 Å². The Balaban J connectivity index is 1.29. The highest BCUT2D eigenvalue weighted by molar-refractivity contribution is 5.79. The highest BCUT2D eigenvalue weighted by Gasteiger charge is 2.31. The second kappa shape index (κ2) is 9.88. The quantitative estimate of drug-likeness (QED) is 0.741. The van der Waals surface area contributed by atoms with Crippen molar-refractivity contribution >= 4 is 5.91 Å². The number of aromatic nitrogens is 2. The third-order valence-electron chi connectivity index (χ3n) is 6.30. The first-order chi connectivity index (χ1) is 15.2. The van der Waals surface area contributed by atoms with E-state index in [0.29, 0.717) is 18.3 Å². The van der Waals surface area contributed by atoms with Crippen LogP contribution in [0.4, 0.5) is 0 Å². The lowest BCUT2D eigenvalue weighted by molar-refractivity contribution is -0.129. The van der Waals surface area contributed by atoms with Crippen LogP contribution in [-0.2, 0) is 17.9 Å². The number of rotatable bonds is 7. The fraction of sp³-hybridized carbons (Fsp3) is 0.500. The number of nitriles is 1. The minimum Gasteiger partial charge on any atom is -0.486 e. The van der Waals surface area contributed by atoms with Gasteiger partial charge in [-0.15, -0.1) is 0 Å². The third kappa shape index (κ3) is 5.20. The van der Waals surface area contributed by atoms with Gasteiger partial charge in [0.2, 0.25) is 5.91 Å². The van der Waals surface area contributed by atoms with Crippen molar-refractivity contribution < 1.29 is 9.53 Å². The van der Waals surface area contributed by atoms with E-state index in [9.17, 15) is 10.1 Å². The van der Waals surface area contributed by atoms with Crippen LogP contribution >= 0.6 is 0 Å². The molecule has 31 heavy (non-hydrogen) atoms. The van der Waals surface area contributed by atoms with Crippen LogP contribution in [-0.4, -0.2) is 40.9 Å². The van der Waals surface area contributed by atoms with Gasteiger partial charge in [-0.05, 0) is 42.5 Å². The summed E-state index contributed by atoms with van der Waals surface area (Å²) in [4.78, 5) is 22.8. The molecule has 2 aliphatic rings. The number of ether oxygens (including phenoxy) is 1. The van der Waals surface area contributed by atoms with E-state index < -0.39 is 0 Å². The van der Waals surface area contributed by atoms with Crippen molar-refractivity contribution in [3.63, 3.8) is 0 Å². The first-order valence-electron chi connectivity index (χ1n) is 11.1. The highest BCUT2D eigenvalue weighted by atomic mass is 16.5. The zero-order valence-corrected chi connectivity index (χ0v) is 18.0. The first kappa shape index (κ1) is 21.3. The van der Waals surface area contributed by atoms with Crippen LogP contribution in [0, 0.1) is 17.2 Å². The van der Waals surface area contributed by atoms with Gasteiger partial charge < -0.3 is 10.1 Å². The number of nitrogens with zero attached hydrogens (tertiary/aromatic N) is 4. The highest BCUT2D eigenvalue weighted by Crippen LogP contribution is 2.34. The molecule has 1 saturated heterocycles. The average Bonchev–Trinajstić information content (AvgIpc) is 2.80. The van der Waals surface area contributed by atoms with Crippen LogP contribution in [0.2, 0.25) is 0 Å². The zero-order chi connectivity index (χ0) is 21.6. The summed E-state index contributed by atoms with van der Waals surface area (Å²) in [5.41, 5.74) is 3.51. The number of nitrogens with one attached hydrogen (secondary N) is 1. The van der Waals surface area contributed by atoms with Gasteiger partial charge in [0.25, 0.3) is 0 Å². The molecule has 0 atom stereocenters. The van der Waals surface area contributed by atoms with Gasteiger partial charge in [-0.3, -0.25) is 19.7 Å². The van der Waals surface area contributed by atoms with E-state index >= 15 is 0 Å². The van der Waals surface area contributed by atoms with Crippen molar-refractivity contribution in [3.05, 3.63) is 53.1 Å². The Hall–Kier alpha value is -2.98. The fourth-order valence-electron chi connectivity index (χ4n) is 4.47. The molecule has 4 rings (SSSR count). The minimum atomic E-state index is 0.0860. The Bertz CT molecular complexity index is 941. The molecule has 0 unspecified atom stereocenters. The molecule has 7 nitrogen and oxygen atoms in total. The molecule has 7 heteroatoms. The molecule has 1 saturated carbocycles. The zero-order valence-electron chi connectivity index (χ0n) is 18.0. The van der Waals surface area contributed by atoms with Crippen LogP contribution in [0.15, 0.2) is 30.6 Å². The van der Waals surface area contributed by atoms with Gasteiger partial charge in [0.1, 0.15) is 12.4 Å². The Morgan fingerprint density at radius 2 is 1.97 bits per heavy atom. The molecule has 0 spiro atoms. The van der Waals surface area contributed by atoms with Gasteiger partial charge in [-0.25, -0.2) is 0 Å². The van der Waals surface area contributed by atoms with E-state index in [1.165, 1.54) is 19.3 Å². The molecular weight excluding hydrogens is 390 g/mol. The molecule has 0 bridgehead atoms. The lowest BCUT2D eigenvalue weighted by Gasteiger charge is -2.37. The van der Waals surface area contributed by atoms with Gasteiger partial charge in [-0.1, -0.05) is 19.3 Å². The van der Waals surface area contributed by atoms with Gasteiger partial charge in [0.05, 0.1) is 35.1 Å². The monoisotopic (exact) mass is 419 g/mol. The number of carbonyl (C=O) groups is 1. The smallest absolute Gasteiger partial charge is 0.225 e. The molecule has 1 aliphatic heterocycles. The molecule has 3 heterocycles. The number of hydrogen-bond donors (Lipinski definition) is 1. The maximum Gasteiger partial charge on any atom is 0.225 e. The molecule has 0 aromatic carbocycles. The van der Waals surface area contributed by atoms with E-state index in [2.05, 4.69) is 26.3 Å². The van der Waals surface area contributed by atoms with E-state index in [1.807, 2.05) is 24.4 Å². The average molecular weight is 420 g/mol. The van der Waals surface area contributed by atoms with Crippen LogP contribution in [0.5, 0.6) is 5.75 Å². The summed E-state index contributed by atoms with van der Waals surface area (Å²) in [7, 11) is 1.67. The fourth-order valence-corrected chi connectivity index (χ4v) is 4.47. The van der Waals surface area contributed by atoms with E-state index in [0.717, 1.165) is 55.0 Å². The summed E-state index contributed by atoms with van der Waals surface area (Å²) >= 11 is 0. The predicted octanol–water partition coefficient (Wildman–Crippen LogP) is 3.15. The van der Waals surface area contributed by atoms with E-state index in [4.69, 9.17) is 4.74 Å². The number of carbonyl (C=O) groups excluding carboxylic acids is 1. The van der Waals surface area contributed by atoms with Crippen molar-refractivity contribution in [2.45, 2.75) is 51.2 Å². The van der Waals surface area contributed by atoms with Crippen molar-refractivity contribution in [2.24, 2.45) is 5.92 Å². The third-order valence-corrected chi connectivity index (χ3v) is 6.30. The summed E-state index contributed by atoms with van der Waals surface area (Å²) < 4.78 is 5.84. The minimum absolute atomic E-state index is 0.0860. The summed E-state index contributed by atoms with van der Waals surface area (Å²) in [6, 6.07) is 8.05. The molecule has 162 valence electrons. The molecule has 2 fully saturated rings. The standard InChI is InChI=1S/C24H29N5O2/c1-26-24(30)19-13-29(14-19)15-20-7-8-22(11-27-20)31-16-21-9-18(10-25)23(12-28-21)17-5-3-2-4-6-17/h7-9,11-12,17,19H,2-6,13-16H2,1H3,(H,26,30). The summed E-state index contributed by atoms with van der Waals surface area (Å²) in [5, 5.41) is 12.3. The first-order valence-corrected chi connectivity index (χ1v) is 11.1. The van der Waals surface area contributed by atoms with E-state index in [1.54, 1.807) is 13.2 Å². The summed E-state index contributed by atoms with van der Waals surface area (Å²) in [6.45, 7) is 2.57. The second-order valence-corrected chi connectivity index (χ2v) is 8.49. The van der Waals surface area contributed by atoms with Gasteiger partial charge in [0, 0.05) is 32.9 Å². The van der Waals surface area contributed by atoms with Crippen molar-refractivity contribution in [1.82, 2.24) is 20.2 Å². The van der Waals surface area contributed by atoms with Crippen molar-refractivity contribution in [3.8, 4) is 11.8 Å². The summed E-state index contributed by atoms with van der Waals surface area (Å²) in [6.07, 6.45) is 9.63.